The van der Waals surface area contributed by atoms with Crippen LogP contribution in [0.1, 0.15) is 34.8 Å². The molecule has 160 valence electrons. The molecule has 7 nitrogen and oxygen atoms in total. The van der Waals surface area contributed by atoms with E-state index in [-0.39, 0.29) is 18.1 Å². The molecule has 0 bridgehead atoms. The number of ether oxygens (including phenoxy) is 1. The highest BCUT2D eigenvalue weighted by Gasteiger charge is 2.37. The fourth-order valence-electron chi connectivity index (χ4n) is 3.00. The number of carbonyl (C=O) groups is 1. The Hall–Kier alpha value is -3.17. The van der Waals surface area contributed by atoms with E-state index in [1.807, 2.05) is 31.2 Å². The van der Waals surface area contributed by atoms with Gasteiger partial charge in [0, 0.05) is 23.5 Å². The van der Waals surface area contributed by atoms with Crippen LogP contribution in [0.3, 0.4) is 0 Å². The number of aryl methyl sites for hydroxylation is 3. The molecule has 0 atom stereocenters. The number of benzene rings is 1. The Kier molecular flexibility index (Phi) is 6.23. The third-order valence-electron chi connectivity index (χ3n) is 4.54. The summed E-state index contributed by atoms with van der Waals surface area (Å²) in [5, 5.41) is 6.27. The highest BCUT2D eigenvalue weighted by molar-refractivity contribution is 5.79. The summed E-state index contributed by atoms with van der Waals surface area (Å²) < 4.78 is 45.2. The van der Waals surface area contributed by atoms with Crippen LogP contribution in [0.2, 0.25) is 0 Å². The normalized spacial score (nSPS) is 11.7. The number of rotatable bonds is 7. The molecule has 3 rings (SSSR count). The number of halogens is 3. The zero-order valence-corrected chi connectivity index (χ0v) is 16.9. The molecule has 0 fully saturated rings. The summed E-state index contributed by atoms with van der Waals surface area (Å²) in [5.41, 5.74) is 2.47. The lowest BCUT2D eigenvalue weighted by atomic mass is 10.1. The summed E-state index contributed by atoms with van der Waals surface area (Å²) in [6.07, 6.45) is -4.06. The van der Waals surface area contributed by atoms with Gasteiger partial charge in [-0.05, 0) is 44.9 Å². The fourth-order valence-corrected chi connectivity index (χ4v) is 3.00. The smallest absolute Gasteiger partial charge is 0.453 e. The Morgan fingerprint density at radius 1 is 1.20 bits per heavy atom. The highest BCUT2D eigenvalue weighted by Crippen LogP contribution is 2.27. The zero-order chi connectivity index (χ0) is 21.9. The van der Waals surface area contributed by atoms with Crippen LogP contribution < -0.4 is 10.1 Å². The number of nitrogens with zero attached hydrogens (tertiary/aromatic N) is 4. The quantitative estimate of drug-likeness (QED) is 0.593. The van der Waals surface area contributed by atoms with E-state index in [1.54, 1.807) is 13.8 Å². The molecule has 0 unspecified atom stereocenters. The molecule has 0 saturated heterocycles. The standard InChI is InChI=1S/C20H22F3N5O2/c1-12-6-4-7-15(10-12)30-9-5-8-24-17(29)11-16-13(2)25-19-26-18(20(21,22)23)27-28(19)14(16)3/h4,6-7,10H,5,8-9,11H2,1-3H3,(H,24,29). The van der Waals surface area contributed by atoms with Crippen LogP contribution in [0, 0.1) is 20.8 Å². The van der Waals surface area contributed by atoms with E-state index in [0.717, 1.165) is 15.8 Å². The van der Waals surface area contributed by atoms with Gasteiger partial charge in [0.1, 0.15) is 5.75 Å². The van der Waals surface area contributed by atoms with Crippen LogP contribution in [0.25, 0.3) is 5.78 Å². The molecule has 1 N–H and O–H groups in total. The first-order chi connectivity index (χ1) is 14.1. The van der Waals surface area contributed by atoms with Crippen LogP contribution in [0.5, 0.6) is 5.75 Å². The number of carbonyl (C=O) groups excluding carboxylic acids is 1. The van der Waals surface area contributed by atoms with Crippen molar-refractivity contribution in [2.24, 2.45) is 0 Å². The van der Waals surface area contributed by atoms with Gasteiger partial charge in [0.2, 0.25) is 5.91 Å². The largest absolute Gasteiger partial charge is 0.494 e. The molecule has 1 aromatic carbocycles. The Balaban J connectivity index is 1.57. The monoisotopic (exact) mass is 421 g/mol. The highest BCUT2D eigenvalue weighted by atomic mass is 19.4. The first kappa shape index (κ1) is 21.5. The fraction of sp³-hybridized carbons (Fsp3) is 0.400. The Morgan fingerprint density at radius 3 is 2.67 bits per heavy atom. The van der Waals surface area contributed by atoms with Gasteiger partial charge in [0.05, 0.1) is 13.0 Å². The van der Waals surface area contributed by atoms with E-state index in [9.17, 15) is 18.0 Å². The molecule has 0 aliphatic heterocycles. The summed E-state index contributed by atoms with van der Waals surface area (Å²) >= 11 is 0. The molecular weight excluding hydrogens is 399 g/mol. The average molecular weight is 421 g/mol. The molecule has 3 aromatic rings. The van der Waals surface area contributed by atoms with Gasteiger partial charge in [-0.15, -0.1) is 5.10 Å². The van der Waals surface area contributed by atoms with E-state index in [0.29, 0.717) is 36.5 Å². The molecule has 1 amide bonds. The number of aromatic nitrogens is 4. The SMILES string of the molecule is Cc1cccc(OCCCNC(=O)Cc2c(C)nc3nc(C(F)(F)F)nn3c2C)c1. The summed E-state index contributed by atoms with van der Waals surface area (Å²) in [4.78, 5) is 19.8. The van der Waals surface area contributed by atoms with E-state index in [2.05, 4.69) is 20.4 Å². The lowest BCUT2D eigenvalue weighted by molar-refractivity contribution is -0.144. The van der Waals surface area contributed by atoms with Crippen molar-refractivity contribution in [3.8, 4) is 5.75 Å². The van der Waals surface area contributed by atoms with Crippen LogP contribution in [-0.2, 0) is 17.4 Å². The maximum atomic E-state index is 12.9. The molecule has 0 radical (unpaired) electrons. The van der Waals surface area contributed by atoms with Crippen LogP contribution in [0.4, 0.5) is 13.2 Å². The summed E-state index contributed by atoms with van der Waals surface area (Å²) in [6, 6.07) is 7.69. The predicted molar refractivity (Wildman–Crippen MR) is 103 cm³/mol. The van der Waals surface area contributed by atoms with Gasteiger partial charge in [0.15, 0.2) is 0 Å². The van der Waals surface area contributed by atoms with Gasteiger partial charge in [-0.2, -0.15) is 18.2 Å². The zero-order valence-electron chi connectivity index (χ0n) is 16.9. The second-order valence-electron chi connectivity index (χ2n) is 6.95. The maximum absolute atomic E-state index is 12.9. The first-order valence-electron chi connectivity index (χ1n) is 9.41. The second-order valence-corrected chi connectivity index (χ2v) is 6.95. The Bertz CT molecular complexity index is 1060. The maximum Gasteiger partial charge on any atom is 0.453 e. The van der Waals surface area contributed by atoms with Crippen LogP contribution >= 0.6 is 0 Å². The molecule has 30 heavy (non-hydrogen) atoms. The van der Waals surface area contributed by atoms with Crippen molar-refractivity contribution >= 4 is 11.7 Å². The van der Waals surface area contributed by atoms with Gasteiger partial charge >= 0.3 is 6.18 Å². The van der Waals surface area contributed by atoms with Crippen molar-refractivity contribution in [2.45, 2.75) is 39.8 Å². The minimum Gasteiger partial charge on any atom is -0.494 e. The van der Waals surface area contributed by atoms with E-state index in [1.165, 1.54) is 0 Å². The second kappa shape index (κ2) is 8.68. The number of alkyl halides is 3. The van der Waals surface area contributed by atoms with Gasteiger partial charge in [-0.25, -0.2) is 9.50 Å². The molecule has 2 aromatic heterocycles. The number of amides is 1. The molecule has 2 heterocycles. The molecule has 10 heteroatoms. The van der Waals surface area contributed by atoms with Gasteiger partial charge in [0.25, 0.3) is 11.6 Å². The summed E-state index contributed by atoms with van der Waals surface area (Å²) in [7, 11) is 0. The third-order valence-corrected chi connectivity index (χ3v) is 4.54. The van der Waals surface area contributed by atoms with Crippen molar-refractivity contribution < 1.29 is 22.7 Å². The Morgan fingerprint density at radius 2 is 1.97 bits per heavy atom. The average Bonchev–Trinajstić information content (AvgIpc) is 3.09. The topological polar surface area (TPSA) is 81.4 Å². The third kappa shape index (κ3) is 5.05. The number of hydrogen-bond donors (Lipinski definition) is 1. The molecular formula is C20H22F3N5O2. The van der Waals surface area contributed by atoms with Gasteiger partial charge in [-0.1, -0.05) is 12.1 Å². The number of nitrogens with one attached hydrogen (secondary N) is 1. The number of fused-ring (bicyclic) bond motifs is 1. The van der Waals surface area contributed by atoms with Gasteiger partial charge in [-0.3, -0.25) is 4.79 Å². The summed E-state index contributed by atoms with van der Waals surface area (Å²) in [6.45, 7) is 6.07. The van der Waals surface area contributed by atoms with Gasteiger partial charge < -0.3 is 10.1 Å². The lowest BCUT2D eigenvalue weighted by Crippen LogP contribution is -2.28. The Labute approximate surface area is 171 Å². The van der Waals surface area contributed by atoms with Crippen LogP contribution in [-0.4, -0.2) is 38.6 Å². The molecule has 0 aliphatic carbocycles. The molecule has 0 spiro atoms. The van der Waals surface area contributed by atoms with Crippen molar-refractivity contribution in [1.29, 1.82) is 0 Å². The molecule has 0 saturated carbocycles. The van der Waals surface area contributed by atoms with Crippen molar-refractivity contribution in [2.75, 3.05) is 13.2 Å². The van der Waals surface area contributed by atoms with Crippen molar-refractivity contribution in [3.05, 3.63) is 52.6 Å². The predicted octanol–water partition coefficient (Wildman–Crippen LogP) is 3.20. The number of hydrogen-bond acceptors (Lipinski definition) is 5. The first-order valence-corrected chi connectivity index (χ1v) is 9.41. The van der Waals surface area contributed by atoms with Crippen LogP contribution in [0.15, 0.2) is 24.3 Å². The van der Waals surface area contributed by atoms with Crippen molar-refractivity contribution in [1.82, 2.24) is 24.9 Å². The minimum atomic E-state index is -4.66. The van der Waals surface area contributed by atoms with E-state index >= 15 is 0 Å². The molecule has 0 aliphatic rings. The van der Waals surface area contributed by atoms with E-state index in [4.69, 9.17) is 4.74 Å². The summed E-state index contributed by atoms with van der Waals surface area (Å²) in [5.74, 6) is -0.880. The minimum absolute atomic E-state index is 0.0133. The lowest BCUT2D eigenvalue weighted by Gasteiger charge is -2.11. The van der Waals surface area contributed by atoms with Crippen molar-refractivity contribution in [3.63, 3.8) is 0 Å². The van der Waals surface area contributed by atoms with E-state index < -0.39 is 12.0 Å².